The molecule has 0 saturated carbocycles. The molecule has 0 aliphatic rings. The van der Waals surface area contributed by atoms with E-state index in [1.54, 1.807) is 54.6 Å². The van der Waals surface area contributed by atoms with Gasteiger partial charge in [0, 0.05) is 20.9 Å². The number of carboxylic acids is 1. The van der Waals surface area contributed by atoms with E-state index in [1.165, 1.54) is 32.4 Å². The van der Waals surface area contributed by atoms with Crippen LogP contribution >= 0.6 is 31.9 Å². The fourth-order valence-electron chi connectivity index (χ4n) is 3.52. The zero-order chi connectivity index (χ0) is 32.1. The van der Waals surface area contributed by atoms with Gasteiger partial charge in [0.1, 0.15) is 34.6 Å². The summed E-state index contributed by atoms with van der Waals surface area (Å²) in [7, 11) is 2.93. The highest BCUT2D eigenvalue weighted by atomic mass is 79.9. The maximum absolute atomic E-state index is 12.4. The molecule has 43 heavy (non-hydrogen) atoms. The number of benzene rings is 4. The number of ether oxygens (including phenoxy) is 2. The maximum atomic E-state index is 12.4. The van der Waals surface area contributed by atoms with Crippen molar-refractivity contribution in [3.8, 4) is 35.1 Å². The summed E-state index contributed by atoms with van der Waals surface area (Å²) in [5.74, 6) is -0.502. The van der Waals surface area contributed by atoms with Crippen LogP contribution in [0.25, 0.3) is 0 Å². The topological polar surface area (TPSA) is 187 Å². The van der Waals surface area contributed by atoms with Crippen LogP contribution in [0.2, 0.25) is 0 Å². The Morgan fingerprint density at radius 3 is 1.77 bits per heavy atom. The zero-order valence-corrected chi connectivity index (χ0v) is 26.0. The highest BCUT2D eigenvalue weighted by Gasteiger charge is 2.17. The van der Waals surface area contributed by atoms with Crippen LogP contribution in [0, 0.1) is 22.7 Å². The molecule has 0 bridgehead atoms. The average molecular weight is 711 g/mol. The average Bonchev–Trinajstić information content (AvgIpc) is 3.00. The third-order valence-corrected chi connectivity index (χ3v) is 6.65. The summed E-state index contributed by atoms with van der Waals surface area (Å²) in [6, 6.07) is 23.0. The van der Waals surface area contributed by atoms with E-state index >= 15 is 0 Å². The standard InChI is InChI=1S/C16H12BrNO3.C8H7BrO3.C7H6N2O/c1-21-16-6-5-11(17)7-13(16)15(20)8-12-10(9-18)3-2-4-14(12)19;1-12-7-3-2-5(9)4-6(7)8(10)11;8-4-5-2-1-3-6(10)7(5)9/h2-7,19H,8H2,1H3;2-4H,1H3,(H,10,11);1-3,10H,9H2. The van der Waals surface area contributed by atoms with Crippen molar-refractivity contribution >= 4 is 49.3 Å². The molecule has 0 saturated heterocycles. The molecule has 4 rings (SSSR count). The number of halogens is 2. The molecule has 0 amide bonds. The molecule has 0 spiro atoms. The molecule has 0 unspecified atom stereocenters. The van der Waals surface area contributed by atoms with Gasteiger partial charge in [-0.3, -0.25) is 4.79 Å². The molecule has 5 N–H and O–H groups in total. The number of methoxy groups -OCH3 is 2. The van der Waals surface area contributed by atoms with Gasteiger partial charge >= 0.3 is 5.97 Å². The summed E-state index contributed by atoms with van der Waals surface area (Å²) in [5.41, 5.74) is 6.95. The summed E-state index contributed by atoms with van der Waals surface area (Å²) >= 11 is 6.49. The summed E-state index contributed by atoms with van der Waals surface area (Å²) in [4.78, 5) is 23.1. The lowest BCUT2D eigenvalue weighted by Gasteiger charge is -2.10. The number of para-hydroxylation sites is 1. The van der Waals surface area contributed by atoms with Gasteiger partial charge in [0.05, 0.1) is 42.7 Å². The highest BCUT2D eigenvalue weighted by molar-refractivity contribution is 9.10. The lowest BCUT2D eigenvalue weighted by atomic mass is 9.98. The molecule has 12 heteroatoms. The molecule has 0 aromatic heterocycles. The fraction of sp³-hybridized carbons (Fsp3) is 0.0968. The second-order valence-electron chi connectivity index (χ2n) is 8.36. The van der Waals surface area contributed by atoms with E-state index in [4.69, 9.17) is 35.9 Å². The van der Waals surface area contributed by atoms with Gasteiger partial charge in [-0.15, -0.1) is 0 Å². The van der Waals surface area contributed by atoms with Gasteiger partial charge in [0.25, 0.3) is 0 Å². The molecular formula is C31H25Br2N3O7. The number of carboxylic acid groups (broad SMARTS) is 1. The van der Waals surface area contributed by atoms with E-state index in [0.29, 0.717) is 28.2 Å². The van der Waals surface area contributed by atoms with E-state index in [1.807, 2.05) is 12.1 Å². The van der Waals surface area contributed by atoms with Crippen LogP contribution in [0.15, 0.2) is 81.7 Å². The SMILES string of the molecule is COc1ccc(Br)cc1C(=O)Cc1c(O)cccc1C#N.COc1ccc(Br)cc1C(=O)O.N#Cc1cccc(O)c1N. The fourth-order valence-corrected chi connectivity index (χ4v) is 4.24. The number of nitrogen functional groups attached to an aromatic ring is 1. The maximum Gasteiger partial charge on any atom is 0.339 e. The van der Waals surface area contributed by atoms with E-state index in [0.717, 1.165) is 8.95 Å². The molecule has 0 atom stereocenters. The van der Waals surface area contributed by atoms with Gasteiger partial charge in [-0.05, 0) is 60.7 Å². The number of hydrogen-bond acceptors (Lipinski definition) is 9. The third-order valence-electron chi connectivity index (χ3n) is 5.67. The predicted molar refractivity (Wildman–Crippen MR) is 166 cm³/mol. The minimum atomic E-state index is -0.992. The van der Waals surface area contributed by atoms with Gasteiger partial charge in [0.15, 0.2) is 5.78 Å². The van der Waals surface area contributed by atoms with Crippen LogP contribution in [0.3, 0.4) is 0 Å². The smallest absolute Gasteiger partial charge is 0.339 e. The lowest BCUT2D eigenvalue weighted by molar-refractivity contribution is 0.0693. The predicted octanol–water partition coefficient (Wildman–Crippen LogP) is 6.46. The van der Waals surface area contributed by atoms with Crippen LogP contribution < -0.4 is 15.2 Å². The molecule has 4 aromatic carbocycles. The van der Waals surface area contributed by atoms with Gasteiger partial charge in [0.2, 0.25) is 0 Å². The monoisotopic (exact) mass is 709 g/mol. The normalized spacial score (nSPS) is 9.53. The van der Waals surface area contributed by atoms with E-state index in [-0.39, 0.29) is 40.5 Å². The highest BCUT2D eigenvalue weighted by Crippen LogP contribution is 2.28. The molecule has 220 valence electrons. The number of aromatic carboxylic acids is 1. The number of phenolic OH excluding ortho intramolecular Hbond substituents is 2. The number of ketones is 1. The number of aromatic hydroxyl groups is 2. The van der Waals surface area contributed by atoms with Crippen molar-refractivity contribution < 1.29 is 34.4 Å². The summed E-state index contributed by atoms with van der Waals surface area (Å²) in [5, 5.41) is 45.0. The van der Waals surface area contributed by atoms with Crippen LogP contribution in [0.1, 0.15) is 37.4 Å². The van der Waals surface area contributed by atoms with Crippen molar-refractivity contribution in [2.45, 2.75) is 6.42 Å². The second kappa shape index (κ2) is 16.4. The van der Waals surface area contributed by atoms with Crippen LogP contribution in [-0.2, 0) is 6.42 Å². The number of carbonyl (C=O) groups is 2. The lowest BCUT2D eigenvalue weighted by Crippen LogP contribution is -2.07. The first-order valence-corrected chi connectivity index (χ1v) is 13.7. The van der Waals surface area contributed by atoms with Gasteiger partial charge in [-0.25, -0.2) is 4.79 Å². The second-order valence-corrected chi connectivity index (χ2v) is 10.2. The Morgan fingerprint density at radius 1 is 0.791 bits per heavy atom. The Bertz CT molecular complexity index is 1710. The zero-order valence-electron chi connectivity index (χ0n) is 22.8. The number of nitrogens with zero attached hydrogens (tertiary/aromatic N) is 2. The van der Waals surface area contributed by atoms with Gasteiger partial charge in [-0.1, -0.05) is 44.0 Å². The first-order valence-electron chi connectivity index (χ1n) is 12.1. The Hall–Kier alpha value is -5.04. The molecule has 10 nitrogen and oxygen atoms in total. The Labute approximate surface area is 264 Å². The summed E-state index contributed by atoms with van der Waals surface area (Å²) in [6.45, 7) is 0. The van der Waals surface area contributed by atoms with E-state index in [2.05, 4.69) is 31.9 Å². The first-order chi connectivity index (χ1) is 20.5. The van der Waals surface area contributed by atoms with Crippen LogP contribution in [0.4, 0.5) is 5.69 Å². The molecular weight excluding hydrogens is 686 g/mol. The van der Waals surface area contributed by atoms with E-state index in [9.17, 15) is 14.7 Å². The molecule has 0 aliphatic heterocycles. The van der Waals surface area contributed by atoms with Crippen LogP contribution in [0.5, 0.6) is 23.0 Å². The number of Topliss-reactive ketones (excluding diaryl/α,β-unsaturated/α-hetero) is 1. The molecule has 4 aromatic rings. The quantitative estimate of drug-likeness (QED) is 0.0982. The van der Waals surface area contributed by atoms with Crippen molar-refractivity contribution in [1.29, 1.82) is 10.5 Å². The summed E-state index contributed by atoms with van der Waals surface area (Å²) in [6.07, 6.45) is -0.0671. The number of phenols is 2. The number of carbonyl (C=O) groups excluding carboxylic acids is 1. The number of nitrogens with two attached hydrogens (primary N) is 1. The summed E-state index contributed by atoms with van der Waals surface area (Å²) < 4.78 is 11.5. The van der Waals surface area contributed by atoms with Crippen molar-refractivity contribution in [3.63, 3.8) is 0 Å². The van der Waals surface area contributed by atoms with Crippen molar-refractivity contribution in [3.05, 3.63) is 110 Å². The van der Waals surface area contributed by atoms with Crippen molar-refractivity contribution in [2.75, 3.05) is 20.0 Å². The van der Waals surface area contributed by atoms with Crippen molar-refractivity contribution in [1.82, 2.24) is 0 Å². The number of anilines is 1. The number of nitriles is 2. The van der Waals surface area contributed by atoms with Crippen molar-refractivity contribution in [2.24, 2.45) is 0 Å². The first kappa shape index (κ1) is 34.2. The Balaban J connectivity index is 0.000000248. The minimum Gasteiger partial charge on any atom is -0.508 e. The number of rotatable bonds is 6. The van der Waals surface area contributed by atoms with E-state index < -0.39 is 5.97 Å². The Morgan fingerprint density at radius 2 is 1.28 bits per heavy atom. The van der Waals surface area contributed by atoms with Crippen LogP contribution in [-0.4, -0.2) is 41.3 Å². The molecule has 0 heterocycles. The molecule has 0 aliphatic carbocycles. The minimum absolute atomic E-state index is 0.0425. The van der Waals surface area contributed by atoms with Gasteiger partial charge < -0.3 is 30.5 Å². The number of hydrogen-bond donors (Lipinski definition) is 4. The third kappa shape index (κ3) is 9.50. The molecule has 0 radical (unpaired) electrons. The Kier molecular flexibility index (Phi) is 13.0. The largest absolute Gasteiger partial charge is 0.508 e. The van der Waals surface area contributed by atoms with Gasteiger partial charge in [-0.2, -0.15) is 10.5 Å². The molecule has 0 fully saturated rings.